The summed E-state index contributed by atoms with van der Waals surface area (Å²) in [6, 6.07) is 17.3. The second kappa shape index (κ2) is 6.80. The Balaban J connectivity index is 0.000000165. The summed E-state index contributed by atoms with van der Waals surface area (Å²) in [5.41, 5.74) is 12.7. The minimum atomic E-state index is 0.822. The molecule has 0 aliphatic carbocycles. The van der Waals surface area contributed by atoms with Crippen LogP contribution < -0.4 is 11.5 Å². The number of para-hydroxylation sites is 2. The second-order valence-corrected chi connectivity index (χ2v) is 4.00. The van der Waals surface area contributed by atoms with Crippen molar-refractivity contribution < 1.29 is 0 Å². The molecular weight excluding hydrogens is 216 g/mol. The molecular formula is C13H16N2S. The third-order valence-corrected chi connectivity index (χ3v) is 2.75. The Bertz CT molecular complexity index is 415. The van der Waals surface area contributed by atoms with Gasteiger partial charge in [0.05, 0.1) is 0 Å². The summed E-state index contributed by atoms with van der Waals surface area (Å²) in [5, 5.41) is 0. The van der Waals surface area contributed by atoms with Crippen molar-refractivity contribution in [2.24, 2.45) is 0 Å². The summed E-state index contributed by atoms with van der Waals surface area (Å²) in [5.74, 6) is 0. The number of nitrogen functional groups attached to an aromatic ring is 2. The van der Waals surface area contributed by atoms with Crippen molar-refractivity contribution in [1.82, 2.24) is 0 Å². The lowest BCUT2D eigenvalue weighted by atomic mass is 10.3. The zero-order chi connectivity index (χ0) is 11.8. The van der Waals surface area contributed by atoms with E-state index in [1.165, 1.54) is 0 Å². The van der Waals surface area contributed by atoms with Crippen LogP contribution in [0, 0.1) is 0 Å². The van der Waals surface area contributed by atoms with Crippen molar-refractivity contribution in [3.05, 3.63) is 54.6 Å². The molecule has 2 aromatic carbocycles. The van der Waals surface area contributed by atoms with E-state index in [1.54, 1.807) is 11.8 Å². The average Bonchev–Trinajstić information content (AvgIpc) is 2.31. The van der Waals surface area contributed by atoms with Crippen LogP contribution in [0.15, 0.2) is 59.5 Å². The van der Waals surface area contributed by atoms with Crippen LogP contribution in [0.3, 0.4) is 0 Å². The lowest BCUT2D eigenvalue weighted by Crippen LogP contribution is -1.85. The van der Waals surface area contributed by atoms with E-state index in [2.05, 4.69) is 0 Å². The highest BCUT2D eigenvalue weighted by atomic mass is 32.2. The van der Waals surface area contributed by atoms with E-state index < -0.39 is 0 Å². The molecule has 84 valence electrons. The number of anilines is 2. The van der Waals surface area contributed by atoms with Crippen molar-refractivity contribution >= 4 is 23.1 Å². The number of nitrogens with two attached hydrogens (primary N) is 2. The molecule has 0 heterocycles. The summed E-state index contributed by atoms with van der Waals surface area (Å²) in [6.07, 6.45) is 2.02. The van der Waals surface area contributed by atoms with Gasteiger partial charge in [-0.15, -0.1) is 11.8 Å². The van der Waals surface area contributed by atoms with Crippen LogP contribution in [0.1, 0.15) is 0 Å². The van der Waals surface area contributed by atoms with E-state index in [4.69, 9.17) is 11.5 Å². The van der Waals surface area contributed by atoms with Crippen LogP contribution in [-0.2, 0) is 0 Å². The zero-order valence-electron chi connectivity index (χ0n) is 9.26. The fraction of sp³-hybridized carbons (Fsp3) is 0.0769. The van der Waals surface area contributed by atoms with Gasteiger partial charge in [0, 0.05) is 16.3 Å². The summed E-state index contributed by atoms with van der Waals surface area (Å²) < 4.78 is 0. The van der Waals surface area contributed by atoms with Crippen molar-refractivity contribution in [1.29, 1.82) is 0 Å². The van der Waals surface area contributed by atoms with E-state index >= 15 is 0 Å². The van der Waals surface area contributed by atoms with Gasteiger partial charge in [0.15, 0.2) is 0 Å². The Labute approximate surface area is 101 Å². The van der Waals surface area contributed by atoms with Gasteiger partial charge in [-0.3, -0.25) is 0 Å². The fourth-order valence-electron chi connectivity index (χ4n) is 1.12. The lowest BCUT2D eigenvalue weighted by Gasteiger charge is -1.97. The monoisotopic (exact) mass is 232 g/mol. The topological polar surface area (TPSA) is 52.0 Å². The normalized spacial score (nSPS) is 9.06. The molecule has 2 nitrogen and oxygen atoms in total. The first-order valence-electron chi connectivity index (χ1n) is 4.93. The second-order valence-electron chi connectivity index (χ2n) is 3.15. The van der Waals surface area contributed by atoms with Gasteiger partial charge in [-0.25, -0.2) is 0 Å². The highest BCUT2D eigenvalue weighted by molar-refractivity contribution is 7.98. The number of hydrogen-bond donors (Lipinski definition) is 2. The van der Waals surface area contributed by atoms with Crippen molar-refractivity contribution in [2.75, 3.05) is 17.7 Å². The zero-order valence-corrected chi connectivity index (χ0v) is 10.1. The van der Waals surface area contributed by atoms with Gasteiger partial charge >= 0.3 is 0 Å². The summed E-state index contributed by atoms with van der Waals surface area (Å²) in [4.78, 5) is 1.15. The largest absolute Gasteiger partial charge is 0.399 e. The molecule has 0 bridgehead atoms. The third-order valence-electron chi connectivity index (χ3n) is 1.94. The van der Waals surface area contributed by atoms with E-state index in [0.29, 0.717) is 0 Å². The molecule has 0 amide bonds. The van der Waals surface area contributed by atoms with Crippen LogP contribution in [-0.4, -0.2) is 6.26 Å². The predicted molar refractivity (Wildman–Crippen MR) is 73.5 cm³/mol. The summed E-state index contributed by atoms with van der Waals surface area (Å²) >= 11 is 1.67. The Morgan fingerprint density at radius 1 is 0.812 bits per heavy atom. The minimum Gasteiger partial charge on any atom is -0.399 e. The van der Waals surface area contributed by atoms with Crippen molar-refractivity contribution in [3.8, 4) is 0 Å². The van der Waals surface area contributed by atoms with Gasteiger partial charge in [-0.2, -0.15) is 0 Å². The highest BCUT2D eigenvalue weighted by Crippen LogP contribution is 2.20. The van der Waals surface area contributed by atoms with Crippen LogP contribution in [0.4, 0.5) is 11.4 Å². The Hall–Kier alpha value is -1.61. The number of hydrogen-bond acceptors (Lipinski definition) is 3. The van der Waals surface area contributed by atoms with Gasteiger partial charge in [-0.1, -0.05) is 30.3 Å². The maximum Gasteiger partial charge on any atom is 0.0452 e. The standard InChI is InChI=1S/C7H9NS.C6H7N/c1-9-7-5-3-2-4-6(7)8;7-6-4-2-1-3-5-6/h2-5H,8H2,1H3;1-5H,7H2. The molecule has 0 unspecified atom stereocenters. The number of benzene rings is 2. The molecule has 2 rings (SSSR count). The molecule has 0 aromatic heterocycles. The van der Waals surface area contributed by atoms with Crippen LogP contribution in [0.25, 0.3) is 0 Å². The third kappa shape index (κ3) is 4.28. The molecule has 4 N–H and O–H groups in total. The van der Waals surface area contributed by atoms with Gasteiger partial charge in [0.25, 0.3) is 0 Å². The van der Waals surface area contributed by atoms with Crippen LogP contribution in [0.2, 0.25) is 0 Å². The molecule has 3 heteroatoms. The van der Waals surface area contributed by atoms with Gasteiger partial charge in [0.2, 0.25) is 0 Å². The molecule has 0 saturated heterocycles. The Morgan fingerprint density at radius 3 is 1.75 bits per heavy atom. The van der Waals surface area contributed by atoms with Crippen LogP contribution in [0.5, 0.6) is 0 Å². The molecule has 0 spiro atoms. The number of rotatable bonds is 1. The minimum absolute atomic E-state index is 0.822. The maximum absolute atomic E-state index is 5.61. The molecule has 2 aromatic rings. The molecule has 0 atom stereocenters. The van der Waals surface area contributed by atoms with E-state index in [0.717, 1.165) is 16.3 Å². The average molecular weight is 232 g/mol. The van der Waals surface area contributed by atoms with Crippen molar-refractivity contribution in [2.45, 2.75) is 4.90 Å². The Morgan fingerprint density at radius 2 is 1.38 bits per heavy atom. The molecule has 0 radical (unpaired) electrons. The van der Waals surface area contributed by atoms with Gasteiger partial charge < -0.3 is 11.5 Å². The summed E-state index contributed by atoms with van der Waals surface area (Å²) in [6.45, 7) is 0. The molecule has 0 saturated carbocycles. The maximum atomic E-state index is 5.61. The number of thioether (sulfide) groups is 1. The smallest absolute Gasteiger partial charge is 0.0452 e. The highest BCUT2D eigenvalue weighted by Gasteiger charge is 1.91. The molecule has 0 aliphatic rings. The van der Waals surface area contributed by atoms with E-state index in [1.807, 2.05) is 60.9 Å². The molecule has 16 heavy (non-hydrogen) atoms. The van der Waals surface area contributed by atoms with Gasteiger partial charge in [-0.05, 0) is 30.5 Å². The van der Waals surface area contributed by atoms with Crippen LogP contribution >= 0.6 is 11.8 Å². The quantitative estimate of drug-likeness (QED) is 0.586. The first kappa shape index (κ1) is 12.5. The molecule has 0 aliphatic heterocycles. The SMILES string of the molecule is CSc1ccccc1N.Nc1ccccc1. The first-order valence-corrected chi connectivity index (χ1v) is 6.15. The fourth-order valence-corrected chi connectivity index (χ4v) is 1.64. The summed E-state index contributed by atoms with van der Waals surface area (Å²) in [7, 11) is 0. The lowest BCUT2D eigenvalue weighted by molar-refractivity contribution is 1.47. The molecule has 0 fully saturated rings. The Kier molecular flexibility index (Phi) is 5.29. The van der Waals surface area contributed by atoms with Crippen molar-refractivity contribution in [3.63, 3.8) is 0 Å². The predicted octanol–water partition coefficient (Wildman–Crippen LogP) is 3.26. The van der Waals surface area contributed by atoms with E-state index in [9.17, 15) is 0 Å². The van der Waals surface area contributed by atoms with E-state index in [-0.39, 0.29) is 0 Å². The van der Waals surface area contributed by atoms with Gasteiger partial charge in [0.1, 0.15) is 0 Å². The first-order chi connectivity index (χ1) is 7.74.